The van der Waals surface area contributed by atoms with Crippen LogP contribution in [0.25, 0.3) is 0 Å². The number of carbonyl (C=O) groups excluding carboxylic acids is 1. The Morgan fingerprint density at radius 3 is 2.58 bits per heavy atom. The van der Waals surface area contributed by atoms with E-state index in [1.807, 2.05) is 19.1 Å². The number of carbonyl (C=O) groups is 1. The van der Waals surface area contributed by atoms with Crippen molar-refractivity contribution in [2.45, 2.75) is 19.1 Å². The van der Waals surface area contributed by atoms with Crippen LogP contribution in [0.1, 0.15) is 27.9 Å². The molecule has 19 heavy (non-hydrogen) atoms. The minimum absolute atomic E-state index is 0.310. The minimum atomic E-state index is -1.13. The summed E-state index contributed by atoms with van der Waals surface area (Å²) in [5.74, 6) is -0.426. The first-order valence-electron chi connectivity index (χ1n) is 5.67. The van der Waals surface area contributed by atoms with Gasteiger partial charge in [-0.05, 0) is 24.6 Å². The fourth-order valence-electron chi connectivity index (χ4n) is 1.84. The van der Waals surface area contributed by atoms with Crippen LogP contribution in [-0.2, 0) is 12.2 Å². The van der Waals surface area contributed by atoms with Crippen LogP contribution in [-0.4, -0.2) is 11.0 Å². The summed E-state index contributed by atoms with van der Waals surface area (Å²) in [5, 5.41) is 11.9. The van der Waals surface area contributed by atoms with E-state index in [0.717, 1.165) is 5.56 Å². The second kappa shape index (κ2) is 6.03. The van der Waals surface area contributed by atoms with Gasteiger partial charge in [0.1, 0.15) is 17.4 Å². The predicted molar refractivity (Wildman–Crippen MR) is 78.7 cm³/mol. The Kier molecular flexibility index (Phi) is 4.60. The highest BCUT2D eigenvalue weighted by atomic mass is 79.9. The fraction of sp³-hybridized carbons (Fsp3) is 0.231. The molecule has 0 spiro atoms. The maximum absolute atomic E-state index is 11.3. The van der Waals surface area contributed by atoms with Crippen LogP contribution in [0.2, 0.25) is 5.02 Å². The van der Waals surface area contributed by atoms with E-state index >= 15 is 0 Å². The predicted octanol–water partition coefficient (Wildman–Crippen LogP) is 3.22. The van der Waals surface area contributed by atoms with Gasteiger partial charge in [-0.25, -0.2) is 0 Å². The Morgan fingerprint density at radius 2 is 2.05 bits per heavy atom. The molecule has 1 unspecified atom stereocenters. The topological polar surface area (TPSA) is 53.0 Å². The molecule has 3 nitrogen and oxygen atoms in total. The van der Waals surface area contributed by atoms with Gasteiger partial charge in [0.05, 0.1) is 0 Å². The molecule has 6 heteroatoms. The molecular formula is C13H11BrClNO2S. The zero-order chi connectivity index (χ0) is 14.0. The van der Waals surface area contributed by atoms with Gasteiger partial charge < -0.3 is 9.90 Å². The van der Waals surface area contributed by atoms with Crippen LogP contribution < -0.4 is 5.11 Å². The molecule has 100 valence electrons. The van der Waals surface area contributed by atoms with Gasteiger partial charge in [0.25, 0.3) is 0 Å². The van der Waals surface area contributed by atoms with Crippen molar-refractivity contribution in [2.24, 2.45) is 0 Å². The maximum atomic E-state index is 11.3. The molecule has 2 rings (SSSR count). The summed E-state index contributed by atoms with van der Waals surface area (Å²) in [6, 6.07) is 7.30. The van der Waals surface area contributed by atoms with Crippen molar-refractivity contribution in [1.29, 1.82) is 0 Å². The summed E-state index contributed by atoms with van der Waals surface area (Å²) < 4.78 is 0.693. The largest absolute Gasteiger partial charge is 0.540 e. The highest BCUT2D eigenvalue weighted by molar-refractivity contribution is 9.11. The van der Waals surface area contributed by atoms with Crippen molar-refractivity contribution in [3.63, 3.8) is 0 Å². The van der Waals surface area contributed by atoms with Gasteiger partial charge >= 0.3 is 3.92 Å². The van der Waals surface area contributed by atoms with Gasteiger partial charge in [-0.2, -0.15) is 4.98 Å². The van der Waals surface area contributed by atoms with E-state index in [1.54, 1.807) is 12.1 Å². The molecule has 0 saturated carbocycles. The molecule has 1 atom stereocenters. The second-order valence-electron chi connectivity index (χ2n) is 3.91. The van der Waals surface area contributed by atoms with Crippen LogP contribution in [0.3, 0.4) is 0 Å². The van der Waals surface area contributed by atoms with Crippen molar-refractivity contribution >= 4 is 44.0 Å². The molecule has 0 aliphatic rings. The first kappa shape index (κ1) is 14.5. The number of thiazole rings is 1. The van der Waals surface area contributed by atoms with E-state index < -0.39 is 16.4 Å². The number of nitrogens with zero attached hydrogens (tertiary/aromatic N) is 1. The lowest BCUT2D eigenvalue weighted by molar-refractivity contribution is -0.254. The Bertz CT molecular complexity index is 610. The number of rotatable bonds is 4. The number of aromatic nitrogens is 1. The molecule has 1 aromatic carbocycles. The van der Waals surface area contributed by atoms with Crippen molar-refractivity contribution in [3.8, 4) is 0 Å². The van der Waals surface area contributed by atoms with Gasteiger partial charge in [0, 0.05) is 37.8 Å². The lowest BCUT2D eigenvalue weighted by Gasteiger charge is -2.01. The number of carboxylic acid groups (broad SMARTS) is 1. The molecule has 0 aliphatic heterocycles. The average molecular weight is 361 g/mol. The molecule has 0 saturated heterocycles. The molecule has 1 aromatic heterocycles. The van der Waals surface area contributed by atoms with Gasteiger partial charge in [0.2, 0.25) is 4.88 Å². The Labute approximate surface area is 127 Å². The number of hydrogen-bond acceptors (Lipinski definition) is 3. The first-order chi connectivity index (χ1) is 9.02. The van der Waals surface area contributed by atoms with E-state index in [-0.39, 0.29) is 0 Å². The van der Waals surface area contributed by atoms with Gasteiger partial charge in [-0.1, -0.05) is 23.7 Å². The molecular weight excluding hydrogens is 350 g/mol. The highest BCUT2D eigenvalue weighted by Gasteiger charge is 2.26. The van der Waals surface area contributed by atoms with E-state index in [0.29, 0.717) is 31.7 Å². The van der Waals surface area contributed by atoms with Crippen LogP contribution in [0.4, 0.5) is 0 Å². The molecule has 1 heterocycles. The number of benzene rings is 1. The normalized spacial score (nSPS) is 11.6. The third-order valence-corrected chi connectivity index (χ3v) is 6.27. The number of carboxylic acids is 1. The Morgan fingerprint density at radius 1 is 1.42 bits per heavy atom. The molecule has 0 N–H and O–H groups in total. The SMILES string of the molecule is CC[s+]1c(Br)nc(Cc2ccc(Cl)cc2)c1C(=O)[O-]. The highest BCUT2D eigenvalue weighted by Crippen LogP contribution is 2.36. The molecule has 0 aliphatic carbocycles. The standard InChI is InChI=1S/C13H11BrClNO2S/c1-2-19-11(12(17)18)10(16-13(19)14)7-8-3-5-9(15)6-4-8/h3-6H,2,7H2,1H3. The quantitative estimate of drug-likeness (QED) is 0.787. The number of halogens is 2. The van der Waals surface area contributed by atoms with Gasteiger partial charge in [-0.3, -0.25) is 0 Å². The van der Waals surface area contributed by atoms with E-state index in [1.165, 1.54) is 0 Å². The fourth-order valence-corrected chi connectivity index (χ4v) is 4.87. The van der Waals surface area contributed by atoms with Crippen molar-refractivity contribution < 1.29 is 9.90 Å². The summed E-state index contributed by atoms with van der Waals surface area (Å²) in [6.45, 7) is 1.94. The van der Waals surface area contributed by atoms with E-state index in [9.17, 15) is 9.90 Å². The summed E-state index contributed by atoms with van der Waals surface area (Å²) in [5.41, 5.74) is 1.54. The zero-order valence-electron chi connectivity index (χ0n) is 10.2. The lowest BCUT2D eigenvalue weighted by atomic mass is 10.1. The van der Waals surface area contributed by atoms with Crippen LogP contribution >= 0.6 is 38.0 Å². The second-order valence-corrected chi connectivity index (χ2v) is 7.78. The molecule has 0 fully saturated rings. The minimum Gasteiger partial charge on any atom is -0.540 e. The van der Waals surface area contributed by atoms with Crippen LogP contribution in [0, 0.1) is 0 Å². The third-order valence-electron chi connectivity index (χ3n) is 2.69. The number of hydrogen-bond donors (Lipinski definition) is 0. The van der Waals surface area contributed by atoms with Gasteiger partial charge in [-0.15, -0.1) is 0 Å². The van der Waals surface area contributed by atoms with Crippen molar-refractivity contribution in [3.05, 3.63) is 49.3 Å². The molecule has 0 amide bonds. The molecule has 0 bridgehead atoms. The maximum Gasteiger partial charge on any atom is 0.310 e. The third kappa shape index (κ3) is 3.16. The number of aromatic carboxylic acids is 1. The van der Waals surface area contributed by atoms with Crippen LogP contribution in [0.5, 0.6) is 0 Å². The van der Waals surface area contributed by atoms with Gasteiger partial charge in [0.15, 0.2) is 0 Å². The summed E-state index contributed by atoms with van der Waals surface area (Å²) in [7, 11) is -0.497. The smallest absolute Gasteiger partial charge is 0.310 e. The average Bonchev–Trinajstić information content (AvgIpc) is 2.68. The van der Waals surface area contributed by atoms with E-state index in [2.05, 4.69) is 20.9 Å². The lowest BCUT2D eigenvalue weighted by Crippen LogP contribution is -2.23. The summed E-state index contributed by atoms with van der Waals surface area (Å²) in [4.78, 5) is 15.9. The molecule has 0 radical (unpaired) electrons. The van der Waals surface area contributed by atoms with Crippen molar-refractivity contribution in [2.75, 3.05) is 0 Å². The zero-order valence-corrected chi connectivity index (χ0v) is 13.3. The Hall–Kier alpha value is -0.910. The summed E-state index contributed by atoms with van der Waals surface area (Å²) in [6.07, 6.45) is 0.471. The first-order valence-corrected chi connectivity index (χ1v) is 8.23. The van der Waals surface area contributed by atoms with E-state index in [4.69, 9.17) is 11.6 Å². The Balaban J connectivity index is 2.39. The van der Waals surface area contributed by atoms with Crippen molar-refractivity contribution in [1.82, 2.24) is 4.98 Å². The monoisotopic (exact) mass is 359 g/mol. The van der Waals surface area contributed by atoms with Crippen LogP contribution in [0.15, 0.2) is 28.2 Å². The summed E-state index contributed by atoms with van der Waals surface area (Å²) >= 11 is 9.17. The molecule has 2 aromatic rings.